The van der Waals surface area contributed by atoms with Crippen molar-refractivity contribution in [1.82, 2.24) is 19.1 Å². The fourth-order valence-electron chi connectivity index (χ4n) is 3.30. The molecule has 25 heteroatoms. The van der Waals surface area contributed by atoms with E-state index in [-0.39, 0.29) is 24.9 Å². The van der Waals surface area contributed by atoms with Gasteiger partial charge in [0.25, 0.3) is 11.4 Å². The molecule has 4 aromatic rings. The number of aromatic hydroxyl groups is 1. The Labute approximate surface area is 258 Å². The second-order valence-electron chi connectivity index (χ2n) is 8.53. The molecule has 0 unspecified atom stereocenters. The van der Waals surface area contributed by atoms with E-state index in [9.17, 15) is 60.7 Å². The summed E-state index contributed by atoms with van der Waals surface area (Å²) in [5.74, 6) is -1.43. The molecule has 2 heterocycles. The van der Waals surface area contributed by atoms with Crippen molar-refractivity contribution in [2.75, 3.05) is 0 Å². The van der Waals surface area contributed by atoms with E-state index >= 15 is 0 Å². The number of nitro groups is 6. The first kappa shape index (κ1) is 36.0. The zero-order valence-corrected chi connectivity index (χ0v) is 23.7. The fraction of sp³-hybridized carbons (Fsp3) is 0.182. The third-order valence-corrected chi connectivity index (χ3v) is 5.70. The van der Waals surface area contributed by atoms with Crippen molar-refractivity contribution in [3.63, 3.8) is 0 Å². The van der Waals surface area contributed by atoms with Crippen LogP contribution in [0.3, 0.4) is 0 Å². The van der Waals surface area contributed by atoms with E-state index in [4.69, 9.17) is 14.9 Å². The number of aliphatic hydroxyl groups excluding tert-OH is 1. The van der Waals surface area contributed by atoms with E-state index in [1.54, 1.807) is 0 Å². The van der Waals surface area contributed by atoms with Gasteiger partial charge in [0.05, 0.1) is 45.9 Å². The predicted octanol–water partition coefficient (Wildman–Crippen LogP) is 2.75. The van der Waals surface area contributed by atoms with Crippen LogP contribution < -0.4 is 4.74 Å². The summed E-state index contributed by atoms with van der Waals surface area (Å²) >= 11 is 0. The minimum Gasteiger partial charge on any atom is -0.502 e. The molecule has 0 fully saturated rings. The van der Waals surface area contributed by atoms with Gasteiger partial charge in [0.1, 0.15) is 31.3 Å². The monoisotopic (exact) mass is 664 g/mol. The molecule has 2 aromatic carbocycles. The summed E-state index contributed by atoms with van der Waals surface area (Å²) in [4.78, 5) is 65.5. The Bertz CT molecular complexity index is 1850. The lowest BCUT2D eigenvalue weighted by Crippen LogP contribution is -2.06. The molecule has 2 aromatic heterocycles. The van der Waals surface area contributed by atoms with Crippen molar-refractivity contribution >= 4 is 34.6 Å². The van der Waals surface area contributed by atoms with E-state index < -0.39 is 64.0 Å². The lowest BCUT2D eigenvalue weighted by Gasteiger charge is -2.05. The first-order valence-corrected chi connectivity index (χ1v) is 12.1. The molecule has 25 nitrogen and oxygen atoms in total. The Morgan fingerprint density at radius 1 is 0.660 bits per heavy atom. The van der Waals surface area contributed by atoms with E-state index in [0.29, 0.717) is 17.5 Å². The lowest BCUT2D eigenvalue weighted by molar-refractivity contribution is -0.396. The van der Waals surface area contributed by atoms with Crippen LogP contribution >= 0.6 is 0 Å². The van der Waals surface area contributed by atoms with Gasteiger partial charge in [-0.3, -0.25) is 40.5 Å². The SMILES string of the molecule is Cn1c(CO)cnc1[N+](=O)[O-].Cn1c(COc2ccc([N+](=O)[O-])cc2[N+](=O)[O-])cnc1[N+](=O)[O-].O=[N+]([O-])c1ccc(O)c([N+](=O)[O-])c1. The van der Waals surface area contributed by atoms with Crippen molar-refractivity contribution in [2.45, 2.75) is 13.2 Å². The van der Waals surface area contributed by atoms with Gasteiger partial charge in [-0.25, -0.2) is 9.13 Å². The van der Waals surface area contributed by atoms with Crippen LogP contribution in [0.4, 0.5) is 34.6 Å². The van der Waals surface area contributed by atoms with Crippen LogP contribution in [-0.2, 0) is 27.3 Å². The number of ether oxygens (including phenoxy) is 1. The van der Waals surface area contributed by atoms with Crippen LogP contribution in [-0.4, -0.2) is 58.9 Å². The number of aromatic nitrogens is 4. The first-order valence-electron chi connectivity index (χ1n) is 12.1. The third-order valence-electron chi connectivity index (χ3n) is 5.70. The number of phenolic OH excluding ortho intramolecular Hbond substituents is 1. The molecule has 0 aliphatic rings. The number of benzene rings is 2. The summed E-state index contributed by atoms with van der Waals surface area (Å²) < 4.78 is 7.65. The van der Waals surface area contributed by atoms with Crippen LogP contribution in [0.15, 0.2) is 48.8 Å². The molecule has 0 saturated carbocycles. The van der Waals surface area contributed by atoms with Gasteiger partial charge >= 0.3 is 23.3 Å². The predicted molar refractivity (Wildman–Crippen MR) is 151 cm³/mol. The number of rotatable bonds is 10. The quantitative estimate of drug-likeness (QED) is 0.182. The zero-order valence-electron chi connectivity index (χ0n) is 23.7. The average molecular weight is 664 g/mol. The highest BCUT2D eigenvalue weighted by Gasteiger charge is 2.23. The molecule has 0 spiro atoms. The number of phenols is 1. The van der Waals surface area contributed by atoms with Gasteiger partial charge in [0, 0.05) is 12.1 Å². The Balaban J connectivity index is 0.000000270. The third kappa shape index (κ3) is 9.15. The Morgan fingerprint density at radius 2 is 1.11 bits per heavy atom. The van der Waals surface area contributed by atoms with Crippen molar-refractivity contribution in [3.8, 4) is 11.5 Å². The minimum atomic E-state index is -0.887. The summed E-state index contributed by atoms with van der Waals surface area (Å²) in [5, 5.41) is 80.4. The van der Waals surface area contributed by atoms with Crippen molar-refractivity contribution in [1.29, 1.82) is 0 Å². The molecule has 47 heavy (non-hydrogen) atoms. The number of hydrogen-bond acceptors (Lipinski definition) is 17. The fourth-order valence-corrected chi connectivity index (χ4v) is 3.30. The second kappa shape index (κ2) is 15.5. The molecule has 0 aliphatic carbocycles. The van der Waals surface area contributed by atoms with Gasteiger partial charge in [-0.2, -0.15) is 0 Å². The van der Waals surface area contributed by atoms with Crippen LogP contribution in [0.1, 0.15) is 11.4 Å². The van der Waals surface area contributed by atoms with E-state index in [1.165, 1.54) is 31.1 Å². The van der Waals surface area contributed by atoms with Crippen LogP contribution in [0.5, 0.6) is 11.5 Å². The van der Waals surface area contributed by atoms with Gasteiger partial charge in [-0.05, 0) is 22.0 Å². The van der Waals surface area contributed by atoms with E-state index in [0.717, 1.165) is 34.9 Å². The molecule has 0 aliphatic heterocycles. The van der Waals surface area contributed by atoms with Crippen LogP contribution in [0.2, 0.25) is 0 Å². The largest absolute Gasteiger partial charge is 0.502 e. The molecule has 0 atom stereocenters. The van der Waals surface area contributed by atoms with Crippen LogP contribution in [0.25, 0.3) is 0 Å². The molecular weight excluding hydrogens is 644 g/mol. The van der Waals surface area contributed by atoms with Crippen molar-refractivity contribution in [2.24, 2.45) is 14.1 Å². The molecule has 0 amide bonds. The maximum atomic E-state index is 11.0. The Hall–Kier alpha value is -7.18. The van der Waals surface area contributed by atoms with Gasteiger partial charge in [-0.15, -0.1) is 0 Å². The standard InChI is InChI=1S/C11H9N5O7.C6H4N2O5.C5H7N3O3/c1-13-8(5-12-11(13)16(21)22)6-23-10-3-2-7(14(17)18)4-9(10)15(19)20;9-6-2-1-4(7(10)11)3-5(6)8(12)13;1-7-4(3-9)2-6-5(7)8(10)11/h2-5H,6H2,1H3;1-3,9H;2,9H,3H2,1H3. The number of imidazole rings is 2. The van der Waals surface area contributed by atoms with Gasteiger partial charge in [0.2, 0.25) is 0 Å². The number of hydrogen-bond donors (Lipinski definition) is 2. The molecule has 0 saturated heterocycles. The van der Waals surface area contributed by atoms with Gasteiger partial charge in [0.15, 0.2) is 17.2 Å². The smallest absolute Gasteiger partial charge is 0.434 e. The summed E-state index contributed by atoms with van der Waals surface area (Å²) in [5.41, 5.74) is -1.38. The highest BCUT2D eigenvalue weighted by Crippen LogP contribution is 2.32. The summed E-state index contributed by atoms with van der Waals surface area (Å²) in [6.45, 7) is -0.465. The summed E-state index contributed by atoms with van der Waals surface area (Å²) in [6.07, 6.45) is 2.48. The van der Waals surface area contributed by atoms with E-state index in [1.807, 2.05) is 0 Å². The van der Waals surface area contributed by atoms with Crippen molar-refractivity contribution < 1.29 is 44.5 Å². The summed E-state index contributed by atoms with van der Waals surface area (Å²) in [7, 11) is 2.88. The highest BCUT2D eigenvalue weighted by atomic mass is 16.7. The first-order chi connectivity index (χ1) is 22.0. The molecular formula is C22H20N10O15. The average Bonchev–Trinajstić information content (AvgIpc) is 3.57. The lowest BCUT2D eigenvalue weighted by atomic mass is 10.2. The van der Waals surface area contributed by atoms with Gasteiger partial charge in [-0.1, -0.05) is 9.97 Å². The second-order valence-corrected chi connectivity index (χ2v) is 8.53. The molecule has 248 valence electrons. The number of aliphatic hydroxyl groups is 1. The molecule has 0 bridgehead atoms. The van der Waals surface area contributed by atoms with Crippen molar-refractivity contribution in [3.05, 3.63) is 121 Å². The Morgan fingerprint density at radius 3 is 1.51 bits per heavy atom. The minimum absolute atomic E-state index is 0.190. The highest BCUT2D eigenvalue weighted by molar-refractivity contribution is 5.53. The Kier molecular flexibility index (Phi) is 11.9. The summed E-state index contributed by atoms with van der Waals surface area (Å²) in [6, 6.07) is 5.55. The zero-order chi connectivity index (χ0) is 35.6. The van der Waals surface area contributed by atoms with Crippen LogP contribution in [0, 0.1) is 60.7 Å². The molecule has 0 radical (unpaired) electrons. The maximum absolute atomic E-state index is 11.0. The van der Waals surface area contributed by atoms with Gasteiger partial charge < -0.3 is 35.2 Å². The maximum Gasteiger partial charge on any atom is 0.434 e. The molecule has 2 N–H and O–H groups in total. The topological polar surface area (TPSA) is 344 Å². The number of nitrogens with zero attached hydrogens (tertiary/aromatic N) is 10. The number of non-ortho nitro benzene ring substituents is 2. The van der Waals surface area contributed by atoms with E-state index in [2.05, 4.69) is 9.97 Å². The number of nitro benzene ring substituents is 4. The normalized spacial score (nSPS) is 10.0. The molecule has 4 rings (SSSR count).